The molecule has 0 bridgehead atoms. The summed E-state index contributed by atoms with van der Waals surface area (Å²) in [5.41, 5.74) is 2.70. The van der Waals surface area contributed by atoms with Gasteiger partial charge in [0.25, 0.3) is 0 Å². The molecule has 3 aromatic rings. The van der Waals surface area contributed by atoms with Crippen LogP contribution in [0.15, 0.2) is 30.7 Å². The van der Waals surface area contributed by atoms with Gasteiger partial charge in [0, 0.05) is 32.0 Å². The van der Waals surface area contributed by atoms with E-state index in [0.29, 0.717) is 41.2 Å². The van der Waals surface area contributed by atoms with Crippen LogP contribution in [0.2, 0.25) is 0 Å². The first-order valence-electron chi connectivity index (χ1n) is 10.5. The Morgan fingerprint density at radius 3 is 2.81 bits per heavy atom. The molecule has 3 heterocycles. The fourth-order valence-electron chi connectivity index (χ4n) is 3.83. The Balaban J connectivity index is 1.47. The van der Waals surface area contributed by atoms with Crippen molar-refractivity contribution >= 4 is 35.8 Å². The molecule has 31 heavy (non-hydrogen) atoms. The van der Waals surface area contributed by atoms with Crippen molar-refractivity contribution in [3.63, 3.8) is 0 Å². The van der Waals surface area contributed by atoms with E-state index in [-0.39, 0.29) is 6.03 Å². The summed E-state index contributed by atoms with van der Waals surface area (Å²) in [6, 6.07) is 3.13. The van der Waals surface area contributed by atoms with E-state index in [4.69, 9.17) is 4.74 Å². The number of fused-ring (bicyclic) bond motifs is 1. The molecule has 0 spiro atoms. The second kappa shape index (κ2) is 9.61. The Morgan fingerprint density at radius 2 is 2.06 bits per heavy atom. The number of methoxy groups -OCH3 is 1. The fraction of sp³-hybridized carbons (Fsp3) is 0.476. The molecule has 10 heteroatoms. The van der Waals surface area contributed by atoms with Gasteiger partial charge in [-0.2, -0.15) is 5.10 Å². The maximum absolute atomic E-state index is 12.0. The number of urea groups is 1. The molecule has 1 saturated carbocycles. The van der Waals surface area contributed by atoms with E-state index >= 15 is 0 Å². The largest absolute Gasteiger partial charge is 0.381 e. The van der Waals surface area contributed by atoms with Crippen LogP contribution in [0.5, 0.6) is 0 Å². The minimum atomic E-state index is -0.345. The van der Waals surface area contributed by atoms with E-state index in [2.05, 4.69) is 38.2 Å². The number of rotatable bonds is 6. The number of hydrogen-bond donors (Lipinski definition) is 2. The van der Waals surface area contributed by atoms with E-state index in [1.807, 2.05) is 24.0 Å². The third-order valence-corrected chi connectivity index (χ3v) is 6.14. The van der Waals surface area contributed by atoms with E-state index < -0.39 is 0 Å². The molecule has 0 atom stereocenters. The third kappa shape index (κ3) is 5.13. The molecule has 0 saturated heterocycles. The predicted octanol–water partition coefficient (Wildman–Crippen LogP) is 3.79. The topological polar surface area (TPSA) is 98.1 Å². The number of carbonyl (C=O) groups is 1. The number of aromatic nitrogens is 5. The number of nitrogens with zero attached hydrogens (tertiary/aromatic N) is 6. The second-order valence-electron chi connectivity index (χ2n) is 7.77. The molecule has 164 valence electrons. The van der Waals surface area contributed by atoms with Crippen molar-refractivity contribution in [3.8, 4) is 11.3 Å². The lowest BCUT2D eigenvalue weighted by atomic mass is 9.87. The normalized spacial score (nSPS) is 18.8. The number of amides is 2. The highest BCUT2D eigenvalue weighted by molar-refractivity contribution is 7.78. The van der Waals surface area contributed by atoms with Gasteiger partial charge >= 0.3 is 6.03 Å². The summed E-state index contributed by atoms with van der Waals surface area (Å²) in [5, 5.41) is 7.23. The molecule has 0 aliphatic heterocycles. The monoisotopic (exact) mass is 441 g/mol. The van der Waals surface area contributed by atoms with Crippen LogP contribution in [-0.2, 0) is 11.3 Å². The number of pyridine rings is 1. The summed E-state index contributed by atoms with van der Waals surface area (Å²) in [7, 11) is 1.79. The molecule has 3 aromatic heterocycles. The summed E-state index contributed by atoms with van der Waals surface area (Å²) in [5.74, 6) is 1.02. The van der Waals surface area contributed by atoms with Gasteiger partial charge in [0.2, 0.25) is 0 Å². The van der Waals surface area contributed by atoms with Crippen molar-refractivity contribution in [1.29, 1.82) is 0 Å². The van der Waals surface area contributed by atoms with E-state index in [9.17, 15) is 4.79 Å². The summed E-state index contributed by atoms with van der Waals surface area (Å²) < 4.78 is 8.71. The van der Waals surface area contributed by atoms with Crippen LogP contribution >= 0.6 is 12.8 Å². The van der Waals surface area contributed by atoms with Gasteiger partial charge in [-0.3, -0.25) is 19.3 Å². The molecule has 0 unspecified atom stereocenters. The molecule has 9 nitrogen and oxygen atoms in total. The smallest absolute Gasteiger partial charge is 0.332 e. The molecule has 1 aliphatic carbocycles. The van der Waals surface area contributed by atoms with Crippen molar-refractivity contribution < 1.29 is 9.53 Å². The molecule has 2 amide bonds. The maximum Gasteiger partial charge on any atom is 0.332 e. The van der Waals surface area contributed by atoms with Crippen LogP contribution in [0, 0.1) is 5.92 Å². The van der Waals surface area contributed by atoms with Gasteiger partial charge in [0.15, 0.2) is 5.65 Å². The Bertz CT molecular complexity index is 1050. The van der Waals surface area contributed by atoms with Crippen molar-refractivity contribution in [2.75, 3.05) is 19.0 Å². The zero-order chi connectivity index (χ0) is 21.8. The fourth-order valence-corrected chi connectivity index (χ4v) is 3.88. The number of ether oxygens (including phenoxy) is 1. The highest BCUT2D eigenvalue weighted by Crippen LogP contribution is 2.27. The van der Waals surface area contributed by atoms with Gasteiger partial charge < -0.3 is 4.74 Å². The van der Waals surface area contributed by atoms with Crippen LogP contribution in [0.3, 0.4) is 0 Å². The average molecular weight is 442 g/mol. The molecule has 1 fully saturated rings. The van der Waals surface area contributed by atoms with Gasteiger partial charge in [-0.05, 0) is 50.7 Å². The number of carbonyl (C=O) groups excluding carboxylic acids is 1. The Morgan fingerprint density at radius 1 is 1.26 bits per heavy atom. The zero-order valence-electron chi connectivity index (χ0n) is 17.7. The first-order valence-corrected chi connectivity index (χ1v) is 10.9. The Kier molecular flexibility index (Phi) is 6.67. The molecular weight excluding hydrogens is 414 g/mol. The van der Waals surface area contributed by atoms with Gasteiger partial charge in [0.05, 0.1) is 24.2 Å². The van der Waals surface area contributed by atoms with Crippen molar-refractivity contribution in [3.05, 3.63) is 30.7 Å². The third-order valence-electron chi connectivity index (χ3n) is 5.68. The minimum Gasteiger partial charge on any atom is -0.381 e. The van der Waals surface area contributed by atoms with Crippen LogP contribution in [0.4, 0.5) is 10.6 Å². The van der Waals surface area contributed by atoms with Crippen LogP contribution in [0.25, 0.3) is 22.4 Å². The van der Waals surface area contributed by atoms with Gasteiger partial charge in [-0.1, -0.05) is 12.8 Å². The van der Waals surface area contributed by atoms with Crippen molar-refractivity contribution in [2.45, 2.75) is 45.3 Å². The number of thiol groups is 1. The summed E-state index contributed by atoms with van der Waals surface area (Å²) in [4.78, 5) is 25.5. The molecule has 0 radical (unpaired) electrons. The van der Waals surface area contributed by atoms with Gasteiger partial charge in [0.1, 0.15) is 11.3 Å². The zero-order valence-corrected chi connectivity index (χ0v) is 18.6. The molecule has 0 aromatic carbocycles. The maximum atomic E-state index is 12.0. The number of nitrogens with one attached hydrogen (secondary N) is 1. The summed E-state index contributed by atoms with van der Waals surface area (Å²) in [6.45, 7) is 3.21. The van der Waals surface area contributed by atoms with E-state index in [0.717, 1.165) is 37.8 Å². The standard InChI is InChI=1S/C21H27N7O2S/c1-3-28(31)21(29)26-19-9-8-17-20(25-19)24-18(11-22-17)15-10-23-27(13-15)12-14-4-6-16(30-2)7-5-14/h8-11,13-14,16,31H,3-7,12H2,1-2H3,(H,24,25,26,29). The van der Waals surface area contributed by atoms with Crippen molar-refractivity contribution in [2.24, 2.45) is 5.92 Å². The molecular formula is C21H27N7O2S. The number of anilines is 1. The average Bonchev–Trinajstić information content (AvgIpc) is 3.27. The highest BCUT2D eigenvalue weighted by Gasteiger charge is 2.21. The molecule has 1 N–H and O–H groups in total. The quantitative estimate of drug-likeness (QED) is 0.565. The van der Waals surface area contributed by atoms with E-state index in [1.54, 1.807) is 25.4 Å². The molecule has 4 rings (SSSR count). The first-order chi connectivity index (χ1) is 15.1. The Hall–Kier alpha value is -2.72. The SMILES string of the molecule is CCN(S)C(=O)Nc1ccc2ncc(-c3cnn(CC4CCC(OC)CC4)c3)nc2n1. The summed E-state index contributed by atoms with van der Waals surface area (Å²) in [6.07, 6.45) is 10.5. The van der Waals surface area contributed by atoms with Crippen LogP contribution in [0.1, 0.15) is 32.6 Å². The Labute approximate surface area is 186 Å². The summed E-state index contributed by atoms with van der Waals surface area (Å²) >= 11 is 4.10. The second-order valence-corrected chi connectivity index (χ2v) is 8.25. The number of hydrogen-bond acceptors (Lipinski definition) is 7. The lowest BCUT2D eigenvalue weighted by Crippen LogP contribution is -2.27. The van der Waals surface area contributed by atoms with E-state index in [1.165, 1.54) is 4.31 Å². The van der Waals surface area contributed by atoms with Gasteiger partial charge in [-0.25, -0.2) is 14.8 Å². The minimum absolute atomic E-state index is 0.345. The lowest BCUT2D eigenvalue weighted by Gasteiger charge is -2.27. The van der Waals surface area contributed by atoms with Crippen LogP contribution < -0.4 is 5.32 Å². The lowest BCUT2D eigenvalue weighted by molar-refractivity contribution is 0.0536. The van der Waals surface area contributed by atoms with Crippen molar-refractivity contribution in [1.82, 2.24) is 29.0 Å². The predicted molar refractivity (Wildman–Crippen MR) is 122 cm³/mol. The molecule has 1 aliphatic rings. The highest BCUT2D eigenvalue weighted by atomic mass is 32.1. The van der Waals surface area contributed by atoms with Crippen LogP contribution in [-0.4, -0.2) is 54.8 Å². The van der Waals surface area contributed by atoms with Gasteiger partial charge in [-0.15, -0.1) is 0 Å². The first kappa shape index (κ1) is 21.5.